The number of rotatable bonds is 12. The van der Waals surface area contributed by atoms with Crippen LogP contribution in [0.1, 0.15) is 74.6 Å². The topological polar surface area (TPSA) is 249 Å². The fourth-order valence-corrected chi connectivity index (χ4v) is 11.4. The molecule has 60 heavy (non-hydrogen) atoms. The highest BCUT2D eigenvalue weighted by molar-refractivity contribution is 7.94. The van der Waals surface area contributed by atoms with E-state index < -0.39 is 88.7 Å². The summed E-state index contributed by atoms with van der Waals surface area (Å²) in [6.45, 7) is 6.29. The molecule has 0 radical (unpaired) electrons. The Kier molecular flexibility index (Phi) is 15.5. The number of sulfone groups is 2. The van der Waals surface area contributed by atoms with E-state index in [1.165, 1.54) is 24.8 Å². The van der Waals surface area contributed by atoms with E-state index in [9.17, 15) is 36.0 Å². The fourth-order valence-electron chi connectivity index (χ4n) is 6.99. The number of carbonyl (C=O) groups is 4. The third-order valence-corrected chi connectivity index (χ3v) is 14.1. The van der Waals surface area contributed by atoms with Gasteiger partial charge in [0.15, 0.2) is 40.7 Å². The lowest BCUT2D eigenvalue weighted by atomic mass is 10.0. The number of aromatic nitrogens is 4. The molecule has 0 amide bonds. The average Bonchev–Trinajstić information content (AvgIpc) is 3.24. The third-order valence-electron chi connectivity index (χ3n) is 9.45. The molecule has 0 unspecified atom stereocenters. The molecular formula is C40H46N6O12S2. The molecule has 0 aromatic carbocycles. The van der Waals surface area contributed by atoms with E-state index in [1.54, 1.807) is 100 Å². The monoisotopic (exact) mass is 866 g/mol. The molecule has 2 saturated heterocycles. The molecule has 0 spiro atoms. The summed E-state index contributed by atoms with van der Waals surface area (Å²) < 4.78 is 74.6. The van der Waals surface area contributed by atoms with Gasteiger partial charge in [0.05, 0.1) is 73.4 Å². The van der Waals surface area contributed by atoms with Crippen LogP contribution in [0.25, 0.3) is 0 Å². The minimum atomic E-state index is -4.39. The normalized spacial score (nSPS) is 25.3. The van der Waals surface area contributed by atoms with Gasteiger partial charge in [-0.05, 0) is 76.2 Å². The van der Waals surface area contributed by atoms with Crippen molar-refractivity contribution in [2.45, 2.75) is 72.9 Å². The van der Waals surface area contributed by atoms with Crippen LogP contribution in [0.5, 0.6) is 0 Å². The molecule has 2 N–H and O–H groups in total. The third kappa shape index (κ3) is 9.83. The Hall–Kier alpha value is -5.70. The standard InChI is InChI=1S/2C20H23N3O6S/c2*1-3-28-19(24)17-15(13-9-5-7-11-21-13)23-16(14-10-6-8-12-22-14)18(30(17,26)27)20(25)29-4-2/h2*5-12,15-18,23H,3-4H2,1-2H3/t2*15-,16+,17-,18-/m10/s1. The van der Waals surface area contributed by atoms with Crippen molar-refractivity contribution in [3.8, 4) is 0 Å². The van der Waals surface area contributed by atoms with Crippen molar-refractivity contribution < 1.29 is 55.0 Å². The van der Waals surface area contributed by atoms with Gasteiger partial charge in [0.25, 0.3) is 0 Å². The maximum Gasteiger partial charge on any atom is 0.326 e. The molecule has 8 atom stereocenters. The number of ether oxygens (including phenoxy) is 4. The number of hydrogen-bond donors (Lipinski definition) is 2. The second-order valence-corrected chi connectivity index (χ2v) is 17.5. The fraction of sp³-hybridized carbons (Fsp3) is 0.400. The molecule has 2 aliphatic rings. The number of nitrogens with zero attached hydrogens (tertiary/aromatic N) is 4. The zero-order valence-electron chi connectivity index (χ0n) is 33.2. The lowest BCUT2D eigenvalue weighted by molar-refractivity contribution is -0.146. The number of nitrogens with one attached hydrogen (secondary N) is 2. The van der Waals surface area contributed by atoms with Gasteiger partial charge in [0.1, 0.15) is 0 Å². The first-order valence-electron chi connectivity index (χ1n) is 19.1. The Morgan fingerprint density at radius 2 is 0.650 bits per heavy atom. The van der Waals surface area contributed by atoms with E-state index in [1.807, 2.05) is 0 Å². The highest BCUT2D eigenvalue weighted by atomic mass is 32.2. The molecular weight excluding hydrogens is 821 g/mol. The Morgan fingerprint density at radius 1 is 0.433 bits per heavy atom. The molecule has 4 aromatic rings. The van der Waals surface area contributed by atoms with Crippen molar-refractivity contribution in [1.82, 2.24) is 30.6 Å². The summed E-state index contributed by atoms with van der Waals surface area (Å²) in [4.78, 5) is 67.8. The molecule has 4 aromatic heterocycles. The smallest absolute Gasteiger partial charge is 0.326 e. The Balaban J connectivity index is 0.000000228. The molecule has 6 rings (SSSR count). The summed E-state index contributed by atoms with van der Waals surface area (Å²) >= 11 is 0. The predicted octanol–water partition coefficient (Wildman–Crippen LogP) is 2.28. The number of pyridine rings is 4. The van der Waals surface area contributed by atoms with Gasteiger partial charge in [0, 0.05) is 24.8 Å². The van der Waals surface area contributed by atoms with E-state index in [4.69, 9.17) is 18.9 Å². The van der Waals surface area contributed by atoms with Crippen LogP contribution in [-0.4, -0.2) is 108 Å². The van der Waals surface area contributed by atoms with Crippen molar-refractivity contribution in [2.75, 3.05) is 26.4 Å². The molecule has 0 aliphatic carbocycles. The Morgan fingerprint density at radius 3 is 0.817 bits per heavy atom. The van der Waals surface area contributed by atoms with Crippen LogP contribution >= 0.6 is 0 Å². The van der Waals surface area contributed by atoms with Crippen LogP contribution in [0.4, 0.5) is 0 Å². The van der Waals surface area contributed by atoms with Gasteiger partial charge in [-0.3, -0.25) is 49.7 Å². The van der Waals surface area contributed by atoms with Crippen LogP contribution in [-0.2, 0) is 57.8 Å². The summed E-state index contributed by atoms with van der Waals surface area (Å²) in [5.74, 6) is -3.80. The number of carbonyl (C=O) groups excluding carboxylic acids is 4. The Labute approximate surface area is 347 Å². The van der Waals surface area contributed by atoms with Gasteiger partial charge in [0.2, 0.25) is 0 Å². The maximum absolute atomic E-state index is 13.6. The zero-order valence-corrected chi connectivity index (χ0v) is 34.8. The Bertz CT molecular complexity index is 1980. The molecule has 0 saturated carbocycles. The highest BCUT2D eigenvalue weighted by Crippen LogP contribution is 2.40. The summed E-state index contributed by atoms with van der Waals surface area (Å²) in [5.41, 5.74) is 1.34. The highest BCUT2D eigenvalue weighted by Gasteiger charge is 2.59. The van der Waals surface area contributed by atoms with Crippen LogP contribution < -0.4 is 10.6 Å². The lowest BCUT2D eigenvalue weighted by Crippen LogP contribution is -2.59. The first-order chi connectivity index (χ1) is 28.8. The minimum absolute atomic E-state index is 0.00641. The van der Waals surface area contributed by atoms with Crippen LogP contribution in [0.2, 0.25) is 0 Å². The lowest BCUT2D eigenvalue weighted by Gasteiger charge is -2.39. The van der Waals surface area contributed by atoms with Crippen LogP contribution in [0, 0.1) is 0 Å². The van der Waals surface area contributed by atoms with Gasteiger partial charge in [-0.2, -0.15) is 0 Å². The number of hydrogen-bond acceptors (Lipinski definition) is 18. The largest absolute Gasteiger partial charge is 0.465 e. The van der Waals surface area contributed by atoms with E-state index in [0.717, 1.165) is 0 Å². The van der Waals surface area contributed by atoms with Crippen molar-refractivity contribution in [1.29, 1.82) is 0 Å². The van der Waals surface area contributed by atoms with Crippen molar-refractivity contribution in [2.24, 2.45) is 0 Å². The van der Waals surface area contributed by atoms with Crippen molar-refractivity contribution >= 4 is 43.6 Å². The maximum atomic E-state index is 13.6. The van der Waals surface area contributed by atoms with E-state index >= 15 is 0 Å². The molecule has 0 bridgehead atoms. The van der Waals surface area contributed by atoms with Gasteiger partial charge in [-0.25, -0.2) is 16.8 Å². The van der Waals surface area contributed by atoms with Gasteiger partial charge < -0.3 is 18.9 Å². The first-order valence-corrected chi connectivity index (χ1v) is 22.3. The van der Waals surface area contributed by atoms with E-state index in [-0.39, 0.29) is 26.4 Å². The van der Waals surface area contributed by atoms with Gasteiger partial charge in [-0.15, -0.1) is 0 Å². The molecule has 18 nitrogen and oxygen atoms in total. The summed E-state index contributed by atoms with van der Waals surface area (Å²) in [6.07, 6.45) is 6.00. The molecule has 20 heteroatoms. The molecule has 6 heterocycles. The predicted molar refractivity (Wildman–Crippen MR) is 214 cm³/mol. The van der Waals surface area contributed by atoms with E-state index in [2.05, 4.69) is 30.6 Å². The second kappa shape index (κ2) is 20.5. The SMILES string of the molecule is CCOC(=O)[C@@H]1[C@@H](c2ccccn2)N[C@@H](c2ccccn2)[C@@H](C(=O)OCC)S1(=O)=O.CCOC(=O)[C@H]1[C@@H](c2ccccn2)N[C@@H](c2ccccn2)[C@H](C(=O)OCC)S1(=O)=O. The van der Waals surface area contributed by atoms with Crippen molar-refractivity contribution in [3.63, 3.8) is 0 Å². The zero-order chi connectivity index (χ0) is 43.5. The van der Waals surface area contributed by atoms with Crippen molar-refractivity contribution in [3.05, 3.63) is 120 Å². The average molecular weight is 867 g/mol. The van der Waals surface area contributed by atoms with Gasteiger partial charge in [-0.1, -0.05) is 24.3 Å². The quantitative estimate of drug-likeness (QED) is 0.153. The van der Waals surface area contributed by atoms with Gasteiger partial charge >= 0.3 is 23.9 Å². The summed E-state index contributed by atoms with van der Waals surface area (Å²) in [7, 11) is -8.79. The summed E-state index contributed by atoms with van der Waals surface area (Å²) in [5, 5.41) is -0.431. The van der Waals surface area contributed by atoms with Crippen LogP contribution in [0.3, 0.4) is 0 Å². The molecule has 2 fully saturated rings. The molecule has 2 aliphatic heterocycles. The van der Waals surface area contributed by atoms with E-state index in [0.29, 0.717) is 22.8 Å². The first kappa shape index (κ1) is 45.4. The van der Waals surface area contributed by atoms with Crippen LogP contribution in [0.15, 0.2) is 97.6 Å². The number of esters is 4. The minimum Gasteiger partial charge on any atom is -0.465 e. The summed E-state index contributed by atoms with van der Waals surface area (Å²) in [6, 6.07) is 15.8. The molecule has 320 valence electrons. The second-order valence-electron chi connectivity index (χ2n) is 13.1.